The normalized spacial score (nSPS) is 23.1. The lowest BCUT2D eigenvalue weighted by Crippen LogP contribution is -2.43. The van der Waals surface area contributed by atoms with Gasteiger partial charge in [-0.2, -0.15) is 0 Å². The number of hydrogen-bond acceptors (Lipinski definition) is 3. The molecule has 2 aromatic rings. The summed E-state index contributed by atoms with van der Waals surface area (Å²) < 4.78 is 7.34. The first-order chi connectivity index (χ1) is 14.6. The van der Waals surface area contributed by atoms with Crippen molar-refractivity contribution < 1.29 is 14.3 Å². The Kier molecular flexibility index (Phi) is 6.11. The number of ether oxygens (including phenoxy) is 1. The Morgan fingerprint density at radius 1 is 1.10 bits per heavy atom. The van der Waals surface area contributed by atoms with Crippen LogP contribution in [-0.2, 0) is 16.1 Å². The molecule has 1 aromatic carbocycles. The molecular weight excluding hydrogens is 378 g/mol. The highest BCUT2D eigenvalue weighted by molar-refractivity contribution is 5.75. The summed E-state index contributed by atoms with van der Waals surface area (Å²) in [4.78, 5) is 27.0. The van der Waals surface area contributed by atoms with Gasteiger partial charge in [0, 0.05) is 18.4 Å². The zero-order chi connectivity index (χ0) is 21.1. The monoisotopic (exact) mass is 409 g/mol. The fourth-order valence-electron chi connectivity index (χ4n) is 4.76. The zero-order valence-electron chi connectivity index (χ0n) is 17.8. The minimum Gasteiger partial charge on any atom is -0.466 e. The van der Waals surface area contributed by atoms with Crippen molar-refractivity contribution in [2.75, 3.05) is 13.2 Å². The summed E-state index contributed by atoms with van der Waals surface area (Å²) in [5, 5.41) is 3.16. The number of carbonyl (C=O) groups excluding carboxylic acids is 2. The van der Waals surface area contributed by atoms with E-state index >= 15 is 0 Å². The second-order valence-corrected chi connectivity index (χ2v) is 8.39. The van der Waals surface area contributed by atoms with E-state index in [4.69, 9.17) is 4.74 Å². The van der Waals surface area contributed by atoms with Crippen LogP contribution in [0.5, 0.6) is 0 Å². The number of hydrogen-bond donors (Lipinski definition) is 1. The van der Waals surface area contributed by atoms with E-state index < -0.39 is 0 Å². The first kappa shape index (κ1) is 20.5. The van der Waals surface area contributed by atoms with Gasteiger partial charge < -0.3 is 19.5 Å². The molecule has 6 nitrogen and oxygen atoms in total. The van der Waals surface area contributed by atoms with Crippen molar-refractivity contribution in [3.8, 4) is 5.69 Å². The van der Waals surface area contributed by atoms with E-state index in [1.54, 1.807) is 0 Å². The lowest BCUT2D eigenvalue weighted by Gasteiger charge is -2.30. The van der Waals surface area contributed by atoms with Crippen LogP contribution in [0.3, 0.4) is 0 Å². The fourth-order valence-corrected chi connectivity index (χ4v) is 4.76. The molecular formula is C24H31N3O3. The van der Waals surface area contributed by atoms with Gasteiger partial charge in [0.15, 0.2) is 0 Å². The predicted octanol–water partition coefficient (Wildman–Crippen LogP) is 4.43. The third-order valence-corrected chi connectivity index (χ3v) is 6.54. The van der Waals surface area contributed by atoms with Gasteiger partial charge in [0.05, 0.1) is 30.8 Å². The Morgan fingerprint density at radius 2 is 1.87 bits per heavy atom. The molecule has 2 amide bonds. The number of para-hydroxylation sites is 1. The molecule has 2 aliphatic rings. The average molecular weight is 410 g/mol. The minimum absolute atomic E-state index is 0.0202. The molecule has 0 unspecified atom stereocenters. The van der Waals surface area contributed by atoms with Gasteiger partial charge in [-0.1, -0.05) is 18.2 Å². The van der Waals surface area contributed by atoms with Gasteiger partial charge in [-0.25, -0.2) is 4.79 Å². The maximum Gasteiger partial charge on any atom is 0.318 e. The molecule has 1 aliphatic carbocycles. The van der Waals surface area contributed by atoms with Gasteiger partial charge in [0.1, 0.15) is 0 Å². The van der Waals surface area contributed by atoms with Crippen LogP contribution in [0.1, 0.15) is 56.8 Å². The van der Waals surface area contributed by atoms with Gasteiger partial charge in [-0.15, -0.1) is 0 Å². The number of nitrogens with one attached hydrogen (secondary N) is 1. The van der Waals surface area contributed by atoms with E-state index in [0.717, 1.165) is 42.6 Å². The van der Waals surface area contributed by atoms with Gasteiger partial charge in [-0.05, 0) is 69.2 Å². The maximum atomic E-state index is 13.1. The van der Waals surface area contributed by atoms with Crippen molar-refractivity contribution in [2.45, 2.75) is 52.1 Å². The molecule has 1 saturated carbocycles. The number of nitrogens with zero attached hydrogens (tertiary/aromatic N) is 2. The molecule has 6 heteroatoms. The van der Waals surface area contributed by atoms with Crippen LogP contribution in [0.25, 0.3) is 5.69 Å². The van der Waals surface area contributed by atoms with E-state index in [-0.39, 0.29) is 24.0 Å². The number of urea groups is 1. The third-order valence-electron chi connectivity index (χ3n) is 6.54. The molecule has 0 bridgehead atoms. The number of benzene rings is 1. The lowest BCUT2D eigenvalue weighted by atomic mass is 9.82. The molecule has 1 atom stereocenters. The predicted molar refractivity (Wildman–Crippen MR) is 115 cm³/mol. The van der Waals surface area contributed by atoms with E-state index in [0.29, 0.717) is 25.6 Å². The minimum atomic E-state index is -0.0694. The summed E-state index contributed by atoms with van der Waals surface area (Å²) >= 11 is 0. The van der Waals surface area contributed by atoms with Crippen molar-refractivity contribution in [1.82, 2.24) is 14.8 Å². The molecule has 0 spiro atoms. The van der Waals surface area contributed by atoms with Crippen LogP contribution < -0.4 is 5.32 Å². The number of carbonyl (C=O) groups is 2. The maximum absolute atomic E-state index is 13.1. The Labute approximate surface area is 178 Å². The molecule has 0 radical (unpaired) electrons. The lowest BCUT2D eigenvalue weighted by molar-refractivity contribution is -0.149. The molecule has 4 rings (SSSR count). The van der Waals surface area contributed by atoms with Gasteiger partial charge in [0.25, 0.3) is 0 Å². The zero-order valence-corrected chi connectivity index (χ0v) is 17.8. The van der Waals surface area contributed by atoms with Crippen molar-refractivity contribution in [2.24, 2.45) is 11.8 Å². The van der Waals surface area contributed by atoms with E-state index in [1.165, 1.54) is 0 Å². The molecule has 1 fully saturated rings. The smallest absolute Gasteiger partial charge is 0.318 e. The van der Waals surface area contributed by atoms with Crippen LogP contribution in [0, 0.1) is 11.8 Å². The van der Waals surface area contributed by atoms with Crippen molar-refractivity contribution in [3.63, 3.8) is 0 Å². The van der Waals surface area contributed by atoms with Crippen LogP contribution in [0.2, 0.25) is 0 Å². The largest absolute Gasteiger partial charge is 0.466 e. The molecule has 160 valence electrons. The number of amides is 2. The van der Waals surface area contributed by atoms with Crippen LogP contribution in [-0.4, -0.2) is 34.6 Å². The molecule has 1 N–H and O–H groups in total. The summed E-state index contributed by atoms with van der Waals surface area (Å²) in [6.07, 6.45) is 5.66. The van der Waals surface area contributed by atoms with E-state index in [2.05, 4.69) is 41.2 Å². The summed E-state index contributed by atoms with van der Waals surface area (Å²) in [7, 11) is 0. The number of aromatic nitrogens is 1. The Bertz CT molecular complexity index is 899. The second-order valence-electron chi connectivity index (χ2n) is 8.39. The Balaban J connectivity index is 1.38. The van der Waals surface area contributed by atoms with Crippen LogP contribution in [0.4, 0.5) is 4.79 Å². The van der Waals surface area contributed by atoms with Crippen molar-refractivity contribution >= 4 is 12.0 Å². The topological polar surface area (TPSA) is 63.6 Å². The summed E-state index contributed by atoms with van der Waals surface area (Å²) in [6, 6.07) is 12.3. The summed E-state index contributed by atoms with van der Waals surface area (Å²) in [5.74, 6) is 0.366. The van der Waals surface area contributed by atoms with Gasteiger partial charge in [0.2, 0.25) is 0 Å². The van der Waals surface area contributed by atoms with Crippen molar-refractivity contribution in [3.05, 3.63) is 53.9 Å². The SMILES string of the molecule is CCOC(=O)C1CCC(CNC(=O)N2Cc3ccccc3-n3cccc3[C@@H]2C)CC1. The molecule has 0 saturated heterocycles. The second kappa shape index (κ2) is 8.94. The fraction of sp³-hybridized carbons (Fsp3) is 0.500. The number of fused-ring (bicyclic) bond motifs is 3. The Morgan fingerprint density at radius 3 is 2.63 bits per heavy atom. The third kappa shape index (κ3) is 4.09. The van der Waals surface area contributed by atoms with Crippen LogP contribution in [0.15, 0.2) is 42.6 Å². The number of rotatable bonds is 4. The first-order valence-corrected chi connectivity index (χ1v) is 11.0. The average Bonchev–Trinajstić information content (AvgIpc) is 3.22. The molecule has 30 heavy (non-hydrogen) atoms. The molecule has 1 aliphatic heterocycles. The van der Waals surface area contributed by atoms with E-state index in [1.807, 2.05) is 30.0 Å². The van der Waals surface area contributed by atoms with E-state index in [9.17, 15) is 9.59 Å². The quantitative estimate of drug-likeness (QED) is 0.760. The highest BCUT2D eigenvalue weighted by atomic mass is 16.5. The van der Waals surface area contributed by atoms with Crippen molar-refractivity contribution in [1.29, 1.82) is 0 Å². The van der Waals surface area contributed by atoms with Gasteiger partial charge in [-0.3, -0.25) is 4.79 Å². The highest BCUT2D eigenvalue weighted by Gasteiger charge is 2.30. The first-order valence-electron chi connectivity index (χ1n) is 11.0. The standard InChI is InChI=1S/C24H31N3O3/c1-3-30-23(28)19-12-10-18(11-13-19)15-25-24(29)27-16-20-7-4-5-8-22(20)26-14-6-9-21(26)17(27)2/h4-9,14,17-19H,3,10-13,15-16H2,1-2H3,(H,25,29)/t17-,18?,19?/m0/s1. The Hall–Kier alpha value is -2.76. The summed E-state index contributed by atoms with van der Waals surface area (Å²) in [6.45, 7) is 5.61. The highest BCUT2D eigenvalue weighted by Crippen LogP contribution is 2.32. The molecule has 2 heterocycles. The summed E-state index contributed by atoms with van der Waals surface area (Å²) in [5.41, 5.74) is 3.39. The van der Waals surface area contributed by atoms with Gasteiger partial charge >= 0.3 is 12.0 Å². The van der Waals surface area contributed by atoms with Crippen LogP contribution >= 0.6 is 0 Å². The number of esters is 1. The molecule has 1 aromatic heterocycles.